The van der Waals surface area contributed by atoms with Crippen LogP contribution in [0.2, 0.25) is 0 Å². The van der Waals surface area contributed by atoms with Crippen LogP contribution in [0.25, 0.3) is 0 Å². The van der Waals surface area contributed by atoms with E-state index in [1.807, 2.05) is 35.4 Å². The first kappa shape index (κ1) is 18.2. The Morgan fingerprint density at radius 3 is 2.81 bits per heavy atom. The zero-order valence-electron chi connectivity index (χ0n) is 15.3. The SMILES string of the molecule is COc1cccc(OCC(=O)N2CCN(Cc3cccnc3)C[C@H]2C)c1. The lowest BCUT2D eigenvalue weighted by molar-refractivity contribution is -0.138. The lowest BCUT2D eigenvalue weighted by Gasteiger charge is -2.39. The second-order valence-electron chi connectivity index (χ2n) is 6.50. The molecule has 1 saturated heterocycles. The Bertz CT molecular complexity index is 723. The fourth-order valence-electron chi connectivity index (χ4n) is 3.22. The first-order valence-corrected chi connectivity index (χ1v) is 8.83. The molecule has 1 aromatic heterocycles. The molecule has 138 valence electrons. The summed E-state index contributed by atoms with van der Waals surface area (Å²) in [7, 11) is 1.61. The molecule has 6 heteroatoms. The van der Waals surface area contributed by atoms with E-state index in [2.05, 4.69) is 22.9 Å². The van der Waals surface area contributed by atoms with Gasteiger partial charge in [-0.15, -0.1) is 0 Å². The van der Waals surface area contributed by atoms with Gasteiger partial charge in [0.1, 0.15) is 11.5 Å². The van der Waals surface area contributed by atoms with Gasteiger partial charge < -0.3 is 14.4 Å². The van der Waals surface area contributed by atoms with Crippen LogP contribution in [0, 0.1) is 0 Å². The van der Waals surface area contributed by atoms with Crippen LogP contribution in [0.5, 0.6) is 11.5 Å². The number of aromatic nitrogens is 1. The van der Waals surface area contributed by atoms with E-state index in [9.17, 15) is 4.79 Å². The molecule has 2 aromatic rings. The lowest BCUT2D eigenvalue weighted by atomic mass is 10.1. The van der Waals surface area contributed by atoms with E-state index < -0.39 is 0 Å². The van der Waals surface area contributed by atoms with E-state index in [4.69, 9.17) is 9.47 Å². The molecule has 1 aliphatic rings. The van der Waals surface area contributed by atoms with Gasteiger partial charge in [0, 0.05) is 50.7 Å². The number of hydrogen-bond donors (Lipinski definition) is 0. The minimum atomic E-state index is 0.0151. The molecule has 0 saturated carbocycles. The summed E-state index contributed by atoms with van der Waals surface area (Å²) in [6.07, 6.45) is 3.68. The monoisotopic (exact) mass is 355 g/mol. The van der Waals surface area contributed by atoms with Crippen LogP contribution in [0.3, 0.4) is 0 Å². The first-order chi connectivity index (χ1) is 12.7. The van der Waals surface area contributed by atoms with Gasteiger partial charge in [0.05, 0.1) is 7.11 Å². The Hall–Kier alpha value is -2.60. The second kappa shape index (κ2) is 8.67. The van der Waals surface area contributed by atoms with Crippen molar-refractivity contribution in [1.82, 2.24) is 14.8 Å². The Labute approximate surface area is 154 Å². The van der Waals surface area contributed by atoms with Crippen molar-refractivity contribution in [1.29, 1.82) is 0 Å². The van der Waals surface area contributed by atoms with Crippen LogP contribution < -0.4 is 9.47 Å². The standard InChI is InChI=1S/C20H25N3O3/c1-16-13-22(14-17-5-4-8-21-12-17)9-10-23(16)20(24)15-26-19-7-3-6-18(11-19)25-2/h3-8,11-12,16H,9-10,13-15H2,1-2H3/t16-/m1/s1. The maximum Gasteiger partial charge on any atom is 0.260 e. The van der Waals surface area contributed by atoms with E-state index in [0.717, 1.165) is 19.6 Å². The third-order valence-electron chi connectivity index (χ3n) is 4.56. The fourth-order valence-corrected chi connectivity index (χ4v) is 3.22. The smallest absolute Gasteiger partial charge is 0.260 e. The molecule has 0 spiro atoms. The summed E-state index contributed by atoms with van der Waals surface area (Å²) in [5, 5.41) is 0. The molecule has 1 fully saturated rings. The summed E-state index contributed by atoms with van der Waals surface area (Å²) in [6, 6.07) is 11.5. The molecule has 1 amide bonds. The first-order valence-electron chi connectivity index (χ1n) is 8.83. The van der Waals surface area contributed by atoms with Crippen molar-refractivity contribution in [2.75, 3.05) is 33.4 Å². The Kier molecular flexibility index (Phi) is 6.07. The summed E-state index contributed by atoms with van der Waals surface area (Å²) in [4.78, 5) is 21.0. The molecule has 0 radical (unpaired) electrons. The van der Waals surface area contributed by atoms with Crippen molar-refractivity contribution >= 4 is 5.91 Å². The normalized spacial score (nSPS) is 17.8. The number of carbonyl (C=O) groups is 1. The van der Waals surface area contributed by atoms with Crippen LogP contribution in [-0.2, 0) is 11.3 Å². The highest BCUT2D eigenvalue weighted by molar-refractivity contribution is 5.78. The molecular weight excluding hydrogens is 330 g/mol. The van der Waals surface area contributed by atoms with Crippen LogP contribution >= 0.6 is 0 Å². The summed E-state index contributed by atoms with van der Waals surface area (Å²) >= 11 is 0. The number of amides is 1. The Morgan fingerprint density at radius 2 is 2.08 bits per heavy atom. The third kappa shape index (κ3) is 4.73. The van der Waals surface area contributed by atoms with E-state index in [1.165, 1.54) is 5.56 Å². The topological polar surface area (TPSA) is 54.9 Å². The number of ether oxygens (including phenoxy) is 2. The molecule has 2 heterocycles. The molecule has 0 bridgehead atoms. The van der Waals surface area contributed by atoms with Gasteiger partial charge in [0.15, 0.2) is 6.61 Å². The molecule has 1 aliphatic heterocycles. The molecule has 0 N–H and O–H groups in total. The third-order valence-corrected chi connectivity index (χ3v) is 4.56. The number of benzene rings is 1. The molecule has 0 aliphatic carbocycles. The van der Waals surface area contributed by atoms with Crippen molar-refractivity contribution in [3.8, 4) is 11.5 Å². The fraction of sp³-hybridized carbons (Fsp3) is 0.400. The van der Waals surface area contributed by atoms with E-state index in [1.54, 1.807) is 19.4 Å². The average Bonchev–Trinajstić information content (AvgIpc) is 2.67. The van der Waals surface area contributed by atoms with Gasteiger partial charge >= 0.3 is 0 Å². The van der Waals surface area contributed by atoms with Crippen molar-refractivity contribution in [3.05, 3.63) is 54.4 Å². The molecule has 1 aromatic carbocycles. The van der Waals surface area contributed by atoms with Crippen LogP contribution in [-0.4, -0.2) is 60.1 Å². The lowest BCUT2D eigenvalue weighted by Crippen LogP contribution is -2.54. The molecule has 3 rings (SSSR count). The minimum Gasteiger partial charge on any atom is -0.497 e. The number of rotatable bonds is 6. The van der Waals surface area contributed by atoms with Crippen molar-refractivity contribution < 1.29 is 14.3 Å². The van der Waals surface area contributed by atoms with Crippen LogP contribution in [0.4, 0.5) is 0 Å². The highest BCUT2D eigenvalue weighted by Crippen LogP contribution is 2.19. The Morgan fingerprint density at radius 1 is 1.23 bits per heavy atom. The maximum atomic E-state index is 12.5. The van der Waals surface area contributed by atoms with Gasteiger partial charge in [-0.05, 0) is 30.7 Å². The predicted molar refractivity (Wildman–Crippen MR) is 99.2 cm³/mol. The number of pyridine rings is 1. The maximum absolute atomic E-state index is 12.5. The van der Waals surface area contributed by atoms with Gasteiger partial charge in [-0.3, -0.25) is 14.7 Å². The zero-order valence-corrected chi connectivity index (χ0v) is 15.3. The zero-order chi connectivity index (χ0) is 18.4. The summed E-state index contributed by atoms with van der Waals surface area (Å²) in [5.74, 6) is 1.37. The quantitative estimate of drug-likeness (QED) is 0.795. The minimum absolute atomic E-state index is 0.0151. The van der Waals surface area contributed by atoms with E-state index in [-0.39, 0.29) is 18.6 Å². The van der Waals surface area contributed by atoms with Gasteiger partial charge in [-0.2, -0.15) is 0 Å². The summed E-state index contributed by atoms with van der Waals surface area (Å²) in [5.41, 5.74) is 1.20. The van der Waals surface area contributed by atoms with Crippen LogP contribution in [0.1, 0.15) is 12.5 Å². The van der Waals surface area contributed by atoms with E-state index in [0.29, 0.717) is 18.0 Å². The van der Waals surface area contributed by atoms with Gasteiger partial charge in [0.2, 0.25) is 0 Å². The number of carbonyl (C=O) groups excluding carboxylic acids is 1. The Balaban J connectivity index is 1.49. The number of hydrogen-bond acceptors (Lipinski definition) is 5. The highest BCUT2D eigenvalue weighted by Gasteiger charge is 2.27. The van der Waals surface area contributed by atoms with Gasteiger partial charge in [0.25, 0.3) is 5.91 Å². The van der Waals surface area contributed by atoms with Crippen molar-refractivity contribution in [2.24, 2.45) is 0 Å². The highest BCUT2D eigenvalue weighted by atomic mass is 16.5. The number of nitrogens with zero attached hydrogens (tertiary/aromatic N) is 3. The molecule has 6 nitrogen and oxygen atoms in total. The second-order valence-corrected chi connectivity index (χ2v) is 6.50. The summed E-state index contributed by atoms with van der Waals surface area (Å²) in [6.45, 7) is 5.39. The average molecular weight is 355 g/mol. The number of methoxy groups -OCH3 is 1. The molecule has 1 atom stereocenters. The summed E-state index contributed by atoms with van der Waals surface area (Å²) < 4.78 is 10.8. The van der Waals surface area contributed by atoms with E-state index >= 15 is 0 Å². The molecule has 0 unspecified atom stereocenters. The van der Waals surface area contributed by atoms with Gasteiger partial charge in [-0.25, -0.2) is 0 Å². The number of piperazine rings is 1. The van der Waals surface area contributed by atoms with Gasteiger partial charge in [-0.1, -0.05) is 12.1 Å². The van der Waals surface area contributed by atoms with Crippen LogP contribution in [0.15, 0.2) is 48.8 Å². The molecular formula is C20H25N3O3. The van der Waals surface area contributed by atoms with Crippen molar-refractivity contribution in [3.63, 3.8) is 0 Å². The predicted octanol–water partition coefficient (Wildman–Crippen LogP) is 2.20. The largest absolute Gasteiger partial charge is 0.497 e. The van der Waals surface area contributed by atoms with Crippen molar-refractivity contribution in [2.45, 2.75) is 19.5 Å². The molecule has 26 heavy (non-hydrogen) atoms.